The monoisotopic (exact) mass is 1950 g/mol. The number of benzene rings is 10. The molecule has 1 fully saturated rings. The van der Waals surface area contributed by atoms with Gasteiger partial charge in [-0.2, -0.15) is 0 Å². The maximum absolute atomic E-state index is 12.7. The van der Waals surface area contributed by atoms with Gasteiger partial charge in [-0.1, -0.05) is 158 Å². The van der Waals surface area contributed by atoms with Gasteiger partial charge < -0.3 is 79.7 Å². The molecule has 0 spiro atoms. The van der Waals surface area contributed by atoms with Gasteiger partial charge in [0.2, 0.25) is 29.5 Å². The zero-order chi connectivity index (χ0) is 100. The third-order valence-corrected chi connectivity index (χ3v) is 28.9. The molecule has 7 amide bonds. The molecule has 10 aromatic rings. The van der Waals surface area contributed by atoms with Crippen LogP contribution in [-0.2, 0) is 95.1 Å². The van der Waals surface area contributed by atoms with Gasteiger partial charge in [-0.05, 0) is 304 Å². The number of hydrogen-bond donors (Lipinski definition) is 6. The van der Waals surface area contributed by atoms with E-state index in [-0.39, 0.29) is 96.2 Å². The lowest BCUT2D eigenvalue weighted by atomic mass is 9.70. The fraction of sp³-hybridized carbons (Fsp3) is 0.425. The number of nitrogens with one attached hydrogen (secondary N) is 5. The van der Waals surface area contributed by atoms with E-state index in [1.165, 1.54) is 134 Å². The Morgan fingerprint density at radius 3 is 1.01 bits per heavy atom. The zero-order valence-corrected chi connectivity index (χ0v) is 84.3. The van der Waals surface area contributed by atoms with Crippen LogP contribution in [0.25, 0.3) is 89.0 Å². The summed E-state index contributed by atoms with van der Waals surface area (Å²) in [5, 5.41) is 14.2. The highest BCUT2D eigenvalue weighted by molar-refractivity contribution is 6.13. The average molecular weight is 1960 g/mol. The molecule has 0 unspecified atom stereocenters. The Morgan fingerprint density at radius 2 is 0.639 bits per heavy atom. The standard InChI is InChI=1S/C66H78N4O10.C54H65N3O7/c1-76-37-39-78-34-7-29-66(30-8-35-79-40-38-77-2)59-43-50(18-23-57(59)58-24-19-51(44-60(58)66)49-17-22-56-53(41-49)42-52-9-3-4-10-55(52)56)47-15-20-54(21-16-47)80-36-6-5-31-67-61(71)25-26-62(72)68-32-33-69-65(75)48-13-11-46(12-14-48)45-70-63(73)27-28-64(70)74;1-60-31-33-62-28-7-23-54(24-8-29-63-34-32-61-2)50-37-41(39-11-16-45(17-12-39)64-30-6-5-26-56-52(58)21-22-53(59)57-27-25-55)14-19-48(50)49-20-15-42(38-51(49)54)40-13-18-47-44(35-40)36-43-9-3-4-10-46(43)47/h3-4,9-10,15-24,27-28,41,43-44,46,48H,5-8,11-14,25-26,29-40,42,45H2,1-2H3,(H,67,71)(H,68,72)(H,69,75);3-4,9-20,35,37-38H,5-8,21-34,36,55H2,1-2H3,(H,56,58)(H,57,59). The Hall–Kier alpha value is -12.3. The number of amides is 7. The molecule has 144 heavy (non-hydrogen) atoms. The zero-order valence-electron chi connectivity index (χ0n) is 84.3. The van der Waals surface area contributed by atoms with Crippen molar-refractivity contribution in [2.24, 2.45) is 17.6 Å². The molecule has 24 nitrogen and oxygen atoms in total. The first-order valence-corrected chi connectivity index (χ1v) is 51.9. The highest BCUT2D eigenvalue weighted by Crippen LogP contribution is 2.58. The van der Waals surface area contributed by atoms with Gasteiger partial charge in [0.25, 0.3) is 11.8 Å². The minimum Gasteiger partial charge on any atom is -0.494 e. The summed E-state index contributed by atoms with van der Waals surface area (Å²) in [5.41, 5.74) is 35.9. The molecule has 760 valence electrons. The summed E-state index contributed by atoms with van der Waals surface area (Å²) in [7, 11) is 6.83. The number of unbranched alkanes of at least 4 members (excludes halogenated alkanes) is 2. The number of methoxy groups -OCH3 is 4. The van der Waals surface area contributed by atoms with Crippen LogP contribution < -0.4 is 41.8 Å². The van der Waals surface area contributed by atoms with Crippen molar-refractivity contribution >= 4 is 41.4 Å². The third kappa shape index (κ3) is 27.8. The van der Waals surface area contributed by atoms with Crippen molar-refractivity contribution < 1.29 is 80.9 Å². The van der Waals surface area contributed by atoms with Crippen molar-refractivity contribution in [2.75, 3.05) is 167 Å². The first-order chi connectivity index (χ1) is 70.6. The van der Waals surface area contributed by atoms with E-state index in [9.17, 15) is 33.6 Å². The van der Waals surface area contributed by atoms with Crippen molar-refractivity contribution in [3.63, 3.8) is 0 Å². The second kappa shape index (κ2) is 54.0. The smallest absolute Gasteiger partial charge is 0.253 e. The SMILES string of the molecule is COCCOCCCC1(CCCOCCOC)c2cc(-c3ccc(OCCCCNC(=O)CCC(=O)NCCN)cc3)ccc2-c2ccc(-c3ccc4c(c3)Cc3ccccc3-4)cc21.COCCOCCCC1(CCCOCCOC)c2cc(-c3ccc(OCCCCNC(=O)CCC(=O)NCCNC(=O)C4CCC(CN5C(=O)C=CC5=O)CC4)cc3)ccc2-c2ccc(-c3ccc4c(c3)Cc3ccccc3-4)cc21. The second-order valence-corrected chi connectivity index (χ2v) is 38.4. The number of rotatable bonds is 58. The lowest BCUT2D eigenvalue weighted by molar-refractivity contribution is -0.138. The van der Waals surface area contributed by atoms with Crippen LogP contribution in [0, 0.1) is 11.8 Å². The quantitative estimate of drug-likeness (QED) is 0.0152. The number of hydrogen-bond acceptors (Lipinski definition) is 18. The number of carbonyl (C=O) groups excluding carboxylic acids is 7. The molecule has 5 aliphatic carbocycles. The maximum atomic E-state index is 12.7. The highest BCUT2D eigenvalue weighted by atomic mass is 16.5. The van der Waals surface area contributed by atoms with Crippen LogP contribution in [0.4, 0.5) is 0 Å². The van der Waals surface area contributed by atoms with Gasteiger partial charge in [0.15, 0.2) is 0 Å². The Bertz CT molecular complexity index is 5960. The molecule has 0 bridgehead atoms. The molecule has 1 aliphatic heterocycles. The van der Waals surface area contributed by atoms with Crippen LogP contribution in [0.1, 0.15) is 173 Å². The van der Waals surface area contributed by atoms with Crippen LogP contribution in [-0.4, -0.2) is 213 Å². The van der Waals surface area contributed by atoms with E-state index in [2.05, 4.69) is 209 Å². The van der Waals surface area contributed by atoms with E-state index in [0.717, 1.165) is 131 Å². The number of nitrogens with zero attached hydrogens (tertiary/aromatic N) is 1. The van der Waals surface area contributed by atoms with Gasteiger partial charge >= 0.3 is 0 Å². The number of imide groups is 1. The lowest BCUT2D eigenvalue weighted by Crippen LogP contribution is -2.40. The van der Waals surface area contributed by atoms with Crippen LogP contribution in [0.5, 0.6) is 11.5 Å². The Kier molecular flexibility index (Phi) is 39.7. The van der Waals surface area contributed by atoms with Crippen LogP contribution in [0.2, 0.25) is 0 Å². The van der Waals surface area contributed by atoms with Gasteiger partial charge in [-0.25, -0.2) is 0 Å². The first kappa shape index (κ1) is 106. The molecule has 6 aliphatic rings. The Labute approximate surface area is 848 Å². The predicted octanol–water partition coefficient (Wildman–Crippen LogP) is 18.6. The molecule has 0 radical (unpaired) electrons. The normalized spacial score (nSPS) is 14.9. The van der Waals surface area contributed by atoms with Gasteiger partial charge in [0, 0.05) is 155 Å². The van der Waals surface area contributed by atoms with Crippen LogP contribution >= 0.6 is 0 Å². The summed E-state index contributed by atoms with van der Waals surface area (Å²) in [6.45, 7) is 11.1. The van der Waals surface area contributed by atoms with E-state index < -0.39 is 0 Å². The molecule has 7 N–H and O–H groups in total. The largest absolute Gasteiger partial charge is 0.494 e. The topological polar surface area (TPSA) is 301 Å². The molecule has 0 atom stereocenters. The van der Waals surface area contributed by atoms with Crippen molar-refractivity contribution in [3.05, 3.63) is 263 Å². The number of ether oxygens (including phenoxy) is 10. The van der Waals surface area contributed by atoms with Gasteiger partial charge in [-0.15, -0.1) is 0 Å². The number of carbonyl (C=O) groups is 7. The Morgan fingerprint density at radius 1 is 0.319 bits per heavy atom. The number of nitrogens with two attached hydrogens (primary N) is 1. The molecule has 1 saturated carbocycles. The molecule has 0 saturated heterocycles. The molecule has 1 heterocycles. The second-order valence-electron chi connectivity index (χ2n) is 38.4. The van der Waals surface area contributed by atoms with Gasteiger partial charge in [-0.3, -0.25) is 38.5 Å². The molecule has 16 rings (SSSR count). The molecule has 24 heteroatoms. The van der Waals surface area contributed by atoms with Crippen LogP contribution in [0.3, 0.4) is 0 Å². The van der Waals surface area contributed by atoms with E-state index in [4.69, 9.17) is 53.1 Å². The summed E-state index contributed by atoms with van der Waals surface area (Å²) >= 11 is 0. The van der Waals surface area contributed by atoms with Crippen molar-refractivity contribution in [1.29, 1.82) is 0 Å². The van der Waals surface area contributed by atoms with Crippen molar-refractivity contribution in [1.82, 2.24) is 31.5 Å². The summed E-state index contributed by atoms with van der Waals surface area (Å²) in [6, 6.07) is 76.4. The van der Waals surface area contributed by atoms with E-state index in [1.807, 2.05) is 24.3 Å². The van der Waals surface area contributed by atoms with Gasteiger partial charge in [0.05, 0.1) is 66.1 Å². The summed E-state index contributed by atoms with van der Waals surface area (Å²) in [4.78, 5) is 86.6. The maximum Gasteiger partial charge on any atom is 0.253 e. The minimum absolute atomic E-state index is 0.0523. The van der Waals surface area contributed by atoms with E-state index in [0.29, 0.717) is 145 Å². The van der Waals surface area contributed by atoms with E-state index >= 15 is 0 Å². The summed E-state index contributed by atoms with van der Waals surface area (Å²) in [5.74, 6) is 0.339. The van der Waals surface area contributed by atoms with Crippen molar-refractivity contribution in [2.45, 2.75) is 152 Å². The summed E-state index contributed by atoms with van der Waals surface area (Å²) < 4.78 is 57.7. The van der Waals surface area contributed by atoms with E-state index in [1.54, 1.807) is 28.4 Å². The number of fused-ring (bicyclic) bond motifs is 12. The van der Waals surface area contributed by atoms with Gasteiger partial charge in [0.1, 0.15) is 11.5 Å². The Balaban J connectivity index is 0.000000222. The summed E-state index contributed by atoms with van der Waals surface area (Å²) in [6.07, 6.45) is 18.3. The minimum atomic E-state index is -0.275. The lowest BCUT2D eigenvalue weighted by Gasteiger charge is -2.33. The van der Waals surface area contributed by atoms with Crippen molar-refractivity contribution in [3.8, 4) is 101 Å². The fourth-order valence-corrected chi connectivity index (χ4v) is 21.4. The molecule has 10 aromatic carbocycles. The average Bonchev–Trinajstić information content (AvgIpc) is 1.56. The molecular formula is C120H143N7O17. The first-order valence-electron chi connectivity index (χ1n) is 51.9. The predicted molar refractivity (Wildman–Crippen MR) is 565 cm³/mol. The molecular weight excluding hydrogens is 1810 g/mol. The van der Waals surface area contributed by atoms with Crippen LogP contribution in [0.15, 0.2) is 218 Å². The molecule has 0 aromatic heterocycles. The highest BCUT2D eigenvalue weighted by Gasteiger charge is 2.45. The third-order valence-electron chi connectivity index (χ3n) is 28.9. The fourth-order valence-electron chi connectivity index (χ4n) is 21.4.